The molecule has 2 N–H and O–H groups in total. The van der Waals surface area contributed by atoms with Crippen LogP contribution in [0.3, 0.4) is 0 Å². The van der Waals surface area contributed by atoms with Gasteiger partial charge in [0.25, 0.3) is 0 Å². The molecule has 0 spiro atoms. The van der Waals surface area contributed by atoms with Crippen molar-refractivity contribution in [2.75, 3.05) is 25.0 Å². The van der Waals surface area contributed by atoms with Crippen LogP contribution >= 0.6 is 0 Å². The molecule has 0 saturated heterocycles. The van der Waals surface area contributed by atoms with E-state index in [0.29, 0.717) is 12.5 Å². The monoisotopic (exact) mass is 359 g/mol. The molecule has 0 aromatic carbocycles. The van der Waals surface area contributed by atoms with E-state index in [0.717, 1.165) is 42.8 Å². The number of unbranched alkanes of at least 4 members (excludes halogenated alkanes) is 2. The van der Waals surface area contributed by atoms with Gasteiger partial charge < -0.3 is 10.6 Å². The average Bonchev–Trinajstić information content (AvgIpc) is 3.03. The lowest BCUT2D eigenvalue weighted by Crippen LogP contribution is -2.23. The maximum absolute atomic E-state index is 5.73. The average molecular weight is 360 g/mol. The number of anilines is 1. The number of nitrogens with zero attached hydrogens (tertiary/aromatic N) is 4. The molecule has 5 heteroatoms. The summed E-state index contributed by atoms with van der Waals surface area (Å²) in [5.41, 5.74) is 10.3. The molecule has 2 aromatic heterocycles. The van der Waals surface area contributed by atoms with E-state index in [-0.39, 0.29) is 0 Å². The lowest BCUT2D eigenvalue weighted by Gasteiger charge is -2.23. The zero-order valence-electron chi connectivity index (χ0n) is 17.4. The predicted molar refractivity (Wildman–Crippen MR) is 111 cm³/mol. The largest absolute Gasteiger partial charge is 0.359 e. The second-order valence-electron chi connectivity index (χ2n) is 7.56. The molecule has 0 aliphatic rings. The van der Waals surface area contributed by atoms with E-state index in [1.807, 2.05) is 0 Å². The van der Waals surface area contributed by atoms with Gasteiger partial charge >= 0.3 is 0 Å². The van der Waals surface area contributed by atoms with E-state index in [2.05, 4.69) is 50.2 Å². The quantitative estimate of drug-likeness (QED) is 0.602. The van der Waals surface area contributed by atoms with Gasteiger partial charge in [-0.15, -0.1) is 0 Å². The summed E-state index contributed by atoms with van der Waals surface area (Å²) in [6.07, 6.45) is 8.02. The third-order valence-corrected chi connectivity index (χ3v) is 5.21. The van der Waals surface area contributed by atoms with Crippen LogP contribution in [0.2, 0.25) is 0 Å². The Balaban J connectivity index is 2.44. The highest BCUT2D eigenvalue weighted by Crippen LogP contribution is 2.27. The van der Waals surface area contributed by atoms with Crippen molar-refractivity contribution >= 4 is 11.5 Å². The number of aromatic nitrogens is 3. The van der Waals surface area contributed by atoms with Crippen LogP contribution < -0.4 is 10.6 Å². The first-order chi connectivity index (χ1) is 12.5. The first-order valence-corrected chi connectivity index (χ1v) is 10.3. The fraction of sp³-hybridized carbons (Fsp3) is 0.714. The molecule has 2 heterocycles. The molecule has 2 rings (SSSR count). The minimum atomic E-state index is 0.473. The van der Waals surface area contributed by atoms with Crippen LogP contribution in [0.15, 0.2) is 6.07 Å². The van der Waals surface area contributed by atoms with Gasteiger partial charge in [0.2, 0.25) is 0 Å². The lowest BCUT2D eigenvalue weighted by atomic mass is 10.0. The SMILES string of the molecule is CCCCCC(C)c1cc2nc(CCCN)c(C)c(N(C)CCC)n2n1. The number of fused-ring (bicyclic) bond motifs is 1. The number of nitrogens with two attached hydrogens (primary N) is 1. The van der Waals surface area contributed by atoms with E-state index >= 15 is 0 Å². The van der Waals surface area contributed by atoms with Crippen molar-refractivity contribution in [2.24, 2.45) is 5.73 Å². The smallest absolute Gasteiger partial charge is 0.157 e. The van der Waals surface area contributed by atoms with Gasteiger partial charge in [0.1, 0.15) is 5.82 Å². The van der Waals surface area contributed by atoms with E-state index < -0.39 is 0 Å². The molecule has 5 nitrogen and oxygen atoms in total. The summed E-state index contributed by atoms with van der Waals surface area (Å²) >= 11 is 0. The summed E-state index contributed by atoms with van der Waals surface area (Å²) in [6, 6.07) is 2.19. The van der Waals surface area contributed by atoms with Gasteiger partial charge in [-0.1, -0.05) is 40.0 Å². The fourth-order valence-corrected chi connectivity index (χ4v) is 3.63. The topological polar surface area (TPSA) is 59.5 Å². The Kier molecular flexibility index (Phi) is 7.88. The minimum Gasteiger partial charge on any atom is -0.359 e. The summed E-state index contributed by atoms with van der Waals surface area (Å²) in [5.74, 6) is 1.65. The lowest BCUT2D eigenvalue weighted by molar-refractivity contribution is 0.584. The van der Waals surface area contributed by atoms with Gasteiger partial charge in [0.05, 0.1) is 5.69 Å². The molecule has 1 atom stereocenters. The van der Waals surface area contributed by atoms with Crippen molar-refractivity contribution in [1.29, 1.82) is 0 Å². The maximum Gasteiger partial charge on any atom is 0.157 e. The van der Waals surface area contributed by atoms with E-state index in [4.69, 9.17) is 15.8 Å². The number of aryl methyl sites for hydroxylation is 1. The highest BCUT2D eigenvalue weighted by Gasteiger charge is 2.19. The first-order valence-electron chi connectivity index (χ1n) is 10.3. The molecule has 26 heavy (non-hydrogen) atoms. The fourth-order valence-electron chi connectivity index (χ4n) is 3.63. The van der Waals surface area contributed by atoms with E-state index in [1.54, 1.807) is 0 Å². The third kappa shape index (κ3) is 4.76. The zero-order chi connectivity index (χ0) is 19.1. The predicted octanol–water partition coefficient (Wildman–Crippen LogP) is 4.46. The van der Waals surface area contributed by atoms with Gasteiger partial charge in [-0.05, 0) is 39.2 Å². The molecule has 0 saturated carbocycles. The molecule has 0 bridgehead atoms. The summed E-state index contributed by atoms with van der Waals surface area (Å²) in [6.45, 7) is 10.6. The molecule has 0 aliphatic heterocycles. The Morgan fingerprint density at radius 3 is 2.62 bits per heavy atom. The van der Waals surface area contributed by atoms with Crippen molar-refractivity contribution in [2.45, 2.75) is 78.6 Å². The van der Waals surface area contributed by atoms with Crippen LogP contribution in [0, 0.1) is 6.92 Å². The summed E-state index contributed by atoms with van der Waals surface area (Å²) < 4.78 is 2.06. The van der Waals surface area contributed by atoms with Gasteiger partial charge in [0.15, 0.2) is 5.65 Å². The maximum atomic E-state index is 5.73. The Bertz CT molecular complexity index is 691. The second-order valence-corrected chi connectivity index (χ2v) is 7.56. The summed E-state index contributed by atoms with van der Waals surface area (Å²) in [5, 5.41) is 4.96. The Hall–Kier alpha value is -1.62. The van der Waals surface area contributed by atoms with Crippen molar-refractivity contribution < 1.29 is 0 Å². The van der Waals surface area contributed by atoms with Crippen LogP contribution in [0.1, 0.15) is 82.2 Å². The highest BCUT2D eigenvalue weighted by molar-refractivity contribution is 5.57. The molecular formula is C21H37N5. The van der Waals surface area contributed by atoms with Crippen molar-refractivity contribution in [3.8, 4) is 0 Å². The van der Waals surface area contributed by atoms with Crippen LogP contribution in [0.5, 0.6) is 0 Å². The standard InChI is InChI=1S/C21H37N5/c1-6-8-9-11-16(3)19-15-20-23-18(12-10-13-22)17(4)21(26(20)24-19)25(5)14-7-2/h15-16H,6-14,22H2,1-5H3. The molecule has 2 aromatic rings. The van der Waals surface area contributed by atoms with Crippen LogP contribution in [-0.2, 0) is 6.42 Å². The van der Waals surface area contributed by atoms with Crippen molar-refractivity contribution in [3.05, 3.63) is 23.0 Å². The van der Waals surface area contributed by atoms with Gasteiger partial charge in [-0.25, -0.2) is 4.98 Å². The molecule has 0 aliphatic carbocycles. The van der Waals surface area contributed by atoms with Crippen molar-refractivity contribution in [3.63, 3.8) is 0 Å². The Morgan fingerprint density at radius 1 is 1.19 bits per heavy atom. The third-order valence-electron chi connectivity index (χ3n) is 5.21. The number of hydrogen-bond acceptors (Lipinski definition) is 4. The molecule has 1 unspecified atom stereocenters. The van der Waals surface area contributed by atoms with E-state index in [9.17, 15) is 0 Å². The normalized spacial score (nSPS) is 12.7. The number of hydrogen-bond donors (Lipinski definition) is 1. The number of rotatable bonds is 11. The van der Waals surface area contributed by atoms with E-state index in [1.165, 1.54) is 37.1 Å². The Morgan fingerprint density at radius 2 is 1.96 bits per heavy atom. The van der Waals surface area contributed by atoms with Gasteiger partial charge in [-0.3, -0.25) is 0 Å². The molecule has 0 radical (unpaired) electrons. The first kappa shape index (κ1) is 20.7. The van der Waals surface area contributed by atoms with Crippen LogP contribution in [0.25, 0.3) is 5.65 Å². The van der Waals surface area contributed by atoms with Gasteiger partial charge in [0, 0.05) is 36.8 Å². The second kappa shape index (κ2) is 9.91. The summed E-state index contributed by atoms with van der Waals surface area (Å²) in [4.78, 5) is 7.25. The minimum absolute atomic E-state index is 0.473. The highest BCUT2D eigenvalue weighted by atomic mass is 15.3. The molecule has 0 amide bonds. The van der Waals surface area contributed by atoms with Gasteiger partial charge in [-0.2, -0.15) is 9.61 Å². The van der Waals surface area contributed by atoms with Crippen molar-refractivity contribution in [1.82, 2.24) is 14.6 Å². The summed E-state index contributed by atoms with van der Waals surface area (Å²) in [7, 11) is 2.16. The van der Waals surface area contributed by atoms with Crippen LogP contribution in [-0.4, -0.2) is 34.7 Å². The zero-order valence-corrected chi connectivity index (χ0v) is 17.4. The molecular weight excluding hydrogens is 322 g/mol. The molecule has 0 fully saturated rings. The molecule has 146 valence electrons. The van der Waals surface area contributed by atoms with Crippen LogP contribution in [0.4, 0.5) is 5.82 Å². The Labute approximate surface area is 159 Å².